The summed E-state index contributed by atoms with van der Waals surface area (Å²) in [6, 6.07) is 6.02. The number of morpholine rings is 1. The quantitative estimate of drug-likeness (QED) is 0.943. The molecule has 1 aliphatic rings. The molecule has 2 aromatic rings. The standard InChI is InChI=1S/C16H18FN3O2/c1-11-9-18-16(19-11)14-10-20(6-7-22-14)15(21)8-12-2-4-13(17)5-3-12/h2-5,9,14H,6-8,10H2,1H3,(H,18,19)/t14-/m1/s1. The zero-order chi connectivity index (χ0) is 15.5. The number of benzene rings is 1. The van der Waals surface area contributed by atoms with Crippen molar-refractivity contribution in [3.63, 3.8) is 0 Å². The summed E-state index contributed by atoms with van der Waals surface area (Å²) in [7, 11) is 0. The number of aromatic amines is 1. The molecule has 1 amide bonds. The Bertz CT molecular complexity index is 654. The maximum atomic E-state index is 12.9. The molecule has 1 fully saturated rings. The number of hydrogen-bond acceptors (Lipinski definition) is 3. The van der Waals surface area contributed by atoms with Crippen LogP contribution in [0, 0.1) is 12.7 Å². The summed E-state index contributed by atoms with van der Waals surface area (Å²) in [5.41, 5.74) is 1.77. The maximum Gasteiger partial charge on any atom is 0.227 e. The summed E-state index contributed by atoms with van der Waals surface area (Å²) < 4.78 is 18.6. The Labute approximate surface area is 128 Å². The molecule has 1 atom stereocenters. The van der Waals surface area contributed by atoms with E-state index >= 15 is 0 Å². The lowest BCUT2D eigenvalue weighted by molar-refractivity contribution is -0.138. The average molecular weight is 303 g/mol. The molecule has 0 aliphatic carbocycles. The predicted octanol–water partition coefficient (Wildman–Crippen LogP) is 2.00. The minimum absolute atomic E-state index is 0.0168. The third-order valence-corrected chi connectivity index (χ3v) is 3.72. The van der Waals surface area contributed by atoms with Crippen LogP contribution in [0.4, 0.5) is 4.39 Å². The van der Waals surface area contributed by atoms with Crippen LogP contribution in [0.3, 0.4) is 0 Å². The van der Waals surface area contributed by atoms with Gasteiger partial charge < -0.3 is 14.6 Å². The van der Waals surface area contributed by atoms with E-state index in [4.69, 9.17) is 4.74 Å². The molecule has 1 aromatic heterocycles. The second-order valence-electron chi connectivity index (χ2n) is 5.45. The number of carbonyl (C=O) groups is 1. The lowest BCUT2D eigenvalue weighted by Crippen LogP contribution is -2.43. The number of ether oxygens (including phenoxy) is 1. The Morgan fingerprint density at radius 2 is 2.23 bits per heavy atom. The van der Waals surface area contributed by atoms with Crippen LogP contribution in [0.15, 0.2) is 30.5 Å². The van der Waals surface area contributed by atoms with Crippen molar-refractivity contribution < 1.29 is 13.9 Å². The number of amides is 1. The molecule has 116 valence electrons. The number of aromatic nitrogens is 2. The van der Waals surface area contributed by atoms with Gasteiger partial charge in [-0.25, -0.2) is 9.37 Å². The van der Waals surface area contributed by atoms with Gasteiger partial charge in [-0.1, -0.05) is 12.1 Å². The van der Waals surface area contributed by atoms with Crippen molar-refractivity contribution in [2.75, 3.05) is 19.7 Å². The summed E-state index contributed by atoms with van der Waals surface area (Å²) in [6.07, 6.45) is 1.79. The molecule has 0 bridgehead atoms. The van der Waals surface area contributed by atoms with Gasteiger partial charge in [-0.3, -0.25) is 4.79 Å². The second-order valence-corrected chi connectivity index (χ2v) is 5.45. The molecule has 0 unspecified atom stereocenters. The van der Waals surface area contributed by atoms with Crippen molar-refractivity contribution in [1.29, 1.82) is 0 Å². The van der Waals surface area contributed by atoms with Gasteiger partial charge in [0.25, 0.3) is 0 Å². The molecule has 1 N–H and O–H groups in total. The van der Waals surface area contributed by atoms with Crippen molar-refractivity contribution in [2.24, 2.45) is 0 Å². The first kappa shape index (κ1) is 14.7. The van der Waals surface area contributed by atoms with E-state index in [9.17, 15) is 9.18 Å². The third-order valence-electron chi connectivity index (χ3n) is 3.72. The van der Waals surface area contributed by atoms with E-state index in [2.05, 4.69) is 9.97 Å². The number of H-pyrrole nitrogens is 1. The number of aryl methyl sites for hydroxylation is 1. The average Bonchev–Trinajstić information content (AvgIpc) is 2.96. The van der Waals surface area contributed by atoms with Gasteiger partial charge in [-0.05, 0) is 24.6 Å². The van der Waals surface area contributed by atoms with Crippen LogP contribution in [0.2, 0.25) is 0 Å². The zero-order valence-corrected chi connectivity index (χ0v) is 12.4. The van der Waals surface area contributed by atoms with Crippen molar-refractivity contribution in [3.05, 3.63) is 53.4 Å². The fourth-order valence-electron chi connectivity index (χ4n) is 2.53. The molecule has 1 saturated heterocycles. The summed E-state index contributed by atoms with van der Waals surface area (Å²) in [5, 5.41) is 0. The normalized spacial score (nSPS) is 18.5. The van der Waals surface area contributed by atoms with Crippen LogP contribution in [-0.2, 0) is 16.0 Å². The summed E-state index contributed by atoms with van der Waals surface area (Å²) in [5.74, 6) is 0.468. The van der Waals surface area contributed by atoms with Crippen LogP contribution < -0.4 is 0 Å². The smallest absolute Gasteiger partial charge is 0.227 e. The highest BCUT2D eigenvalue weighted by Gasteiger charge is 2.27. The van der Waals surface area contributed by atoms with Gasteiger partial charge in [0, 0.05) is 18.4 Å². The van der Waals surface area contributed by atoms with E-state index < -0.39 is 0 Å². The van der Waals surface area contributed by atoms with Gasteiger partial charge >= 0.3 is 0 Å². The largest absolute Gasteiger partial charge is 0.367 e. The van der Waals surface area contributed by atoms with E-state index in [1.807, 2.05) is 6.92 Å². The monoisotopic (exact) mass is 303 g/mol. The molecule has 5 nitrogen and oxygen atoms in total. The van der Waals surface area contributed by atoms with Crippen molar-refractivity contribution in [2.45, 2.75) is 19.4 Å². The number of rotatable bonds is 3. The number of imidazole rings is 1. The van der Waals surface area contributed by atoms with Crippen molar-refractivity contribution in [1.82, 2.24) is 14.9 Å². The fourth-order valence-corrected chi connectivity index (χ4v) is 2.53. The van der Waals surface area contributed by atoms with E-state index in [1.54, 1.807) is 23.2 Å². The zero-order valence-electron chi connectivity index (χ0n) is 12.4. The first-order valence-electron chi connectivity index (χ1n) is 7.27. The SMILES string of the molecule is Cc1cnc([C@H]2CN(C(=O)Cc3ccc(F)cc3)CCO2)[nH]1. The molecule has 6 heteroatoms. The highest BCUT2D eigenvalue weighted by molar-refractivity contribution is 5.78. The third kappa shape index (κ3) is 3.33. The van der Waals surface area contributed by atoms with Crippen molar-refractivity contribution in [3.8, 4) is 0 Å². The van der Waals surface area contributed by atoms with Gasteiger partial charge in [0.05, 0.1) is 19.6 Å². The number of carbonyl (C=O) groups excluding carboxylic acids is 1. The van der Waals surface area contributed by atoms with E-state index in [1.165, 1.54) is 12.1 Å². The molecule has 1 aromatic carbocycles. The van der Waals surface area contributed by atoms with Crippen LogP contribution in [0.25, 0.3) is 0 Å². The second kappa shape index (κ2) is 6.27. The number of nitrogens with one attached hydrogen (secondary N) is 1. The number of nitrogens with zero attached hydrogens (tertiary/aromatic N) is 2. The predicted molar refractivity (Wildman–Crippen MR) is 78.7 cm³/mol. The van der Waals surface area contributed by atoms with Crippen LogP contribution >= 0.6 is 0 Å². The summed E-state index contributed by atoms with van der Waals surface area (Å²) >= 11 is 0. The molecule has 22 heavy (non-hydrogen) atoms. The van der Waals surface area contributed by atoms with Gasteiger partial charge in [0.1, 0.15) is 17.7 Å². The van der Waals surface area contributed by atoms with Gasteiger partial charge in [-0.2, -0.15) is 0 Å². The Hall–Kier alpha value is -2.21. The Morgan fingerprint density at radius 3 is 2.91 bits per heavy atom. The molecular weight excluding hydrogens is 285 g/mol. The fraction of sp³-hybridized carbons (Fsp3) is 0.375. The summed E-state index contributed by atoms with van der Waals surface area (Å²) in [6.45, 7) is 3.46. The molecule has 1 aliphatic heterocycles. The highest BCUT2D eigenvalue weighted by atomic mass is 19.1. The molecule has 0 saturated carbocycles. The Kier molecular flexibility index (Phi) is 4.20. The van der Waals surface area contributed by atoms with Gasteiger partial charge in [0.2, 0.25) is 5.91 Å². The summed E-state index contributed by atoms with van der Waals surface area (Å²) in [4.78, 5) is 21.6. The Morgan fingerprint density at radius 1 is 1.45 bits per heavy atom. The van der Waals surface area contributed by atoms with E-state index in [0.717, 1.165) is 17.1 Å². The minimum Gasteiger partial charge on any atom is -0.367 e. The van der Waals surface area contributed by atoms with E-state index in [0.29, 0.717) is 19.7 Å². The van der Waals surface area contributed by atoms with Crippen LogP contribution in [-0.4, -0.2) is 40.5 Å². The molecule has 2 heterocycles. The first-order chi connectivity index (χ1) is 10.6. The highest BCUT2D eigenvalue weighted by Crippen LogP contribution is 2.20. The van der Waals surface area contributed by atoms with Gasteiger partial charge in [0.15, 0.2) is 0 Å². The lowest BCUT2D eigenvalue weighted by atomic mass is 10.1. The molecule has 3 rings (SSSR count). The van der Waals surface area contributed by atoms with Crippen LogP contribution in [0.5, 0.6) is 0 Å². The lowest BCUT2D eigenvalue weighted by Gasteiger charge is -2.32. The minimum atomic E-state index is -0.296. The topological polar surface area (TPSA) is 58.2 Å². The van der Waals surface area contributed by atoms with E-state index in [-0.39, 0.29) is 24.2 Å². The Balaban J connectivity index is 1.63. The molecular formula is C16H18FN3O2. The maximum absolute atomic E-state index is 12.9. The number of hydrogen-bond donors (Lipinski definition) is 1. The first-order valence-corrected chi connectivity index (χ1v) is 7.27. The van der Waals surface area contributed by atoms with Gasteiger partial charge in [-0.15, -0.1) is 0 Å². The molecule has 0 radical (unpaired) electrons. The molecule has 0 spiro atoms. The number of halogens is 1. The van der Waals surface area contributed by atoms with Crippen molar-refractivity contribution >= 4 is 5.91 Å². The van der Waals surface area contributed by atoms with Crippen LogP contribution in [0.1, 0.15) is 23.2 Å².